The van der Waals surface area contributed by atoms with Crippen LogP contribution >= 0.6 is 0 Å². The molecule has 1 rings (SSSR count). The molecule has 0 spiro atoms. The maximum atomic E-state index is 11.7. The van der Waals surface area contributed by atoms with Gasteiger partial charge in [0.05, 0.1) is 6.54 Å². The summed E-state index contributed by atoms with van der Waals surface area (Å²) in [5.41, 5.74) is 0. The number of carbonyl (C=O) groups excluding carboxylic acids is 1. The van der Waals surface area contributed by atoms with Gasteiger partial charge in [-0.25, -0.2) is 8.78 Å². The molecule has 2 nitrogen and oxygen atoms in total. The number of nitrogens with zero attached hydrogens (tertiary/aromatic N) is 1. The van der Waals surface area contributed by atoms with Gasteiger partial charge in [-0.15, -0.1) is 0 Å². The van der Waals surface area contributed by atoms with Crippen LogP contribution in [-0.4, -0.2) is 30.8 Å². The van der Waals surface area contributed by atoms with Gasteiger partial charge in [-0.1, -0.05) is 0 Å². The summed E-state index contributed by atoms with van der Waals surface area (Å²) in [6.45, 7) is -0.435. The molecule has 0 saturated heterocycles. The third kappa shape index (κ3) is 2.44. The van der Waals surface area contributed by atoms with E-state index in [0.29, 0.717) is 0 Å². The zero-order chi connectivity index (χ0) is 8.43. The molecule has 1 aliphatic rings. The molecular weight excluding hydrogens is 152 g/mol. The molecule has 1 aliphatic carbocycles. The fourth-order valence-electron chi connectivity index (χ4n) is 0.939. The highest BCUT2D eigenvalue weighted by atomic mass is 19.3. The van der Waals surface area contributed by atoms with Gasteiger partial charge in [0.15, 0.2) is 0 Å². The predicted molar refractivity (Wildman–Crippen MR) is 36.4 cm³/mol. The van der Waals surface area contributed by atoms with Gasteiger partial charge in [0.2, 0.25) is 5.91 Å². The van der Waals surface area contributed by atoms with E-state index in [0.717, 1.165) is 17.7 Å². The molecule has 0 aromatic carbocycles. The van der Waals surface area contributed by atoms with Crippen LogP contribution in [0.15, 0.2) is 0 Å². The van der Waals surface area contributed by atoms with Gasteiger partial charge >= 0.3 is 0 Å². The maximum Gasteiger partial charge on any atom is 0.255 e. The highest BCUT2D eigenvalue weighted by Crippen LogP contribution is 2.30. The van der Waals surface area contributed by atoms with E-state index in [4.69, 9.17) is 0 Å². The van der Waals surface area contributed by atoms with Crippen LogP contribution in [0.5, 0.6) is 0 Å². The third-order valence-electron chi connectivity index (χ3n) is 1.71. The Labute approximate surface area is 64.2 Å². The van der Waals surface area contributed by atoms with Crippen LogP contribution < -0.4 is 0 Å². The number of hydrogen-bond acceptors (Lipinski definition) is 1. The monoisotopic (exact) mass is 163 g/mol. The Morgan fingerprint density at radius 2 is 2.18 bits per heavy atom. The number of alkyl halides is 2. The van der Waals surface area contributed by atoms with Crippen molar-refractivity contribution in [2.24, 2.45) is 5.92 Å². The van der Waals surface area contributed by atoms with Gasteiger partial charge in [0.25, 0.3) is 6.43 Å². The van der Waals surface area contributed by atoms with E-state index in [9.17, 15) is 13.6 Å². The first-order chi connectivity index (χ1) is 5.11. The van der Waals surface area contributed by atoms with Crippen molar-refractivity contribution in [3.8, 4) is 0 Å². The van der Waals surface area contributed by atoms with E-state index in [1.165, 1.54) is 7.05 Å². The average molecular weight is 163 g/mol. The van der Waals surface area contributed by atoms with Crippen LogP contribution in [0.2, 0.25) is 0 Å². The Kier molecular flexibility index (Phi) is 2.42. The second kappa shape index (κ2) is 3.15. The fraction of sp³-hybridized carbons (Fsp3) is 0.857. The van der Waals surface area contributed by atoms with Crippen molar-refractivity contribution in [1.29, 1.82) is 0 Å². The maximum absolute atomic E-state index is 11.7. The number of amides is 1. The zero-order valence-corrected chi connectivity index (χ0v) is 6.39. The van der Waals surface area contributed by atoms with Crippen molar-refractivity contribution in [2.45, 2.75) is 19.3 Å². The van der Waals surface area contributed by atoms with Gasteiger partial charge in [0, 0.05) is 13.0 Å². The summed E-state index contributed by atoms with van der Waals surface area (Å²) >= 11 is 0. The molecule has 1 amide bonds. The highest BCUT2D eigenvalue weighted by Gasteiger charge is 2.32. The van der Waals surface area contributed by atoms with Crippen molar-refractivity contribution < 1.29 is 13.6 Å². The normalized spacial score (nSPS) is 17.1. The first-order valence-corrected chi connectivity index (χ1v) is 3.64. The molecule has 0 radical (unpaired) electrons. The van der Waals surface area contributed by atoms with E-state index in [-0.39, 0.29) is 11.8 Å². The molecule has 0 aromatic rings. The second-order valence-electron chi connectivity index (χ2n) is 2.88. The lowest BCUT2D eigenvalue weighted by Gasteiger charge is -2.15. The third-order valence-corrected chi connectivity index (χ3v) is 1.71. The summed E-state index contributed by atoms with van der Waals surface area (Å²) in [5, 5.41) is 0. The minimum absolute atomic E-state index is 0.0405. The summed E-state index contributed by atoms with van der Waals surface area (Å²) in [6.07, 6.45) is -0.679. The Morgan fingerprint density at radius 1 is 1.64 bits per heavy atom. The molecule has 0 bridgehead atoms. The molecule has 64 valence electrons. The van der Waals surface area contributed by atoms with E-state index < -0.39 is 13.0 Å². The smallest absolute Gasteiger partial charge is 0.255 e. The molecule has 0 unspecified atom stereocenters. The quantitative estimate of drug-likeness (QED) is 0.610. The average Bonchev–Trinajstić information content (AvgIpc) is 2.65. The topological polar surface area (TPSA) is 20.3 Å². The van der Waals surface area contributed by atoms with Gasteiger partial charge in [-0.05, 0) is 12.8 Å². The first-order valence-electron chi connectivity index (χ1n) is 3.64. The van der Waals surface area contributed by atoms with Gasteiger partial charge in [0.1, 0.15) is 0 Å². The SMILES string of the molecule is CN(CC(F)F)C(=O)C1CC1. The Bertz CT molecular complexity index is 157. The predicted octanol–water partition coefficient (Wildman–Crippen LogP) is 1.12. The Balaban J connectivity index is 2.27. The minimum Gasteiger partial charge on any atom is -0.340 e. The largest absolute Gasteiger partial charge is 0.340 e. The Hall–Kier alpha value is -0.670. The standard InChI is InChI=1S/C7H11F2NO/c1-10(4-6(8)9)7(11)5-2-3-5/h5-6H,2-4H2,1H3. The molecule has 1 fully saturated rings. The van der Waals surface area contributed by atoms with Gasteiger partial charge in [-0.3, -0.25) is 4.79 Å². The summed E-state index contributed by atoms with van der Waals surface area (Å²) in [6, 6.07) is 0. The van der Waals surface area contributed by atoms with Crippen molar-refractivity contribution in [2.75, 3.05) is 13.6 Å². The van der Waals surface area contributed by atoms with Gasteiger partial charge in [-0.2, -0.15) is 0 Å². The molecule has 1 saturated carbocycles. The number of carbonyl (C=O) groups is 1. The molecule has 0 heterocycles. The zero-order valence-electron chi connectivity index (χ0n) is 6.39. The minimum atomic E-state index is -2.41. The van der Waals surface area contributed by atoms with Crippen LogP contribution in [-0.2, 0) is 4.79 Å². The van der Waals surface area contributed by atoms with Crippen LogP contribution in [0.3, 0.4) is 0 Å². The van der Waals surface area contributed by atoms with Gasteiger partial charge < -0.3 is 4.90 Å². The molecule has 4 heteroatoms. The van der Waals surface area contributed by atoms with Crippen molar-refractivity contribution in [1.82, 2.24) is 4.90 Å². The lowest BCUT2D eigenvalue weighted by molar-refractivity contribution is -0.132. The number of hydrogen-bond donors (Lipinski definition) is 0. The van der Waals surface area contributed by atoms with E-state index >= 15 is 0 Å². The van der Waals surface area contributed by atoms with Crippen molar-refractivity contribution in [3.63, 3.8) is 0 Å². The molecule has 11 heavy (non-hydrogen) atoms. The van der Waals surface area contributed by atoms with Crippen molar-refractivity contribution in [3.05, 3.63) is 0 Å². The van der Waals surface area contributed by atoms with Crippen LogP contribution in [0.4, 0.5) is 8.78 Å². The summed E-state index contributed by atoms with van der Waals surface area (Å²) in [7, 11) is 1.42. The second-order valence-corrected chi connectivity index (χ2v) is 2.88. The summed E-state index contributed by atoms with van der Waals surface area (Å²) in [4.78, 5) is 12.1. The van der Waals surface area contributed by atoms with Crippen molar-refractivity contribution >= 4 is 5.91 Å². The van der Waals surface area contributed by atoms with E-state index in [1.54, 1.807) is 0 Å². The molecule has 0 atom stereocenters. The summed E-state index contributed by atoms with van der Waals surface area (Å²) < 4.78 is 23.5. The van der Waals surface area contributed by atoms with Crippen LogP contribution in [0, 0.1) is 5.92 Å². The molecule has 0 aliphatic heterocycles. The highest BCUT2D eigenvalue weighted by molar-refractivity contribution is 5.80. The number of rotatable bonds is 3. The Morgan fingerprint density at radius 3 is 2.55 bits per heavy atom. The van der Waals surface area contributed by atoms with E-state index in [2.05, 4.69) is 0 Å². The lowest BCUT2D eigenvalue weighted by atomic mass is 10.3. The lowest BCUT2D eigenvalue weighted by Crippen LogP contribution is -2.32. The molecule has 0 N–H and O–H groups in total. The number of halogens is 2. The van der Waals surface area contributed by atoms with E-state index in [1.807, 2.05) is 0 Å². The van der Waals surface area contributed by atoms with Crippen LogP contribution in [0.25, 0.3) is 0 Å². The molecule has 0 aromatic heterocycles. The first kappa shape index (κ1) is 8.43. The summed E-state index contributed by atoms with van der Waals surface area (Å²) in [5.74, 6) is -0.0935. The molecular formula is C7H11F2NO. The fourth-order valence-corrected chi connectivity index (χ4v) is 0.939. The van der Waals surface area contributed by atoms with Crippen LogP contribution in [0.1, 0.15) is 12.8 Å².